The lowest BCUT2D eigenvalue weighted by Gasteiger charge is -1.98. The lowest BCUT2D eigenvalue weighted by atomic mass is 10.1. The highest BCUT2D eigenvalue weighted by Crippen LogP contribution is 2.35. The molecule has 120 valence electrons. The van der Waals surface area contributed by atoms with E-state index in [0.717, 1.165) is 5.56 Å². The van der Waals surface area contributed by atoms with Gasteiger partial charge in [0.15, 0.2) is 11.5 Å². The number of amides is 1. The van der Waals surface area contributed by atoms with Crippen LogP contribution in [-0.2, 0) is 0 Å². The number of carbonyl (C=O) groups excluding carboxylic acids is 1. The zero-order valence-corrected chi connectivity index (χ0v) is 12.4. The number of aromatic nitrogens is 2. The van der Waals surface area contributed by atoms with Crippen LogP contribution >= 0.6 is 0 Å². The molecule has 1 aliphatic heterocycles. The van der Waals surface area contributed by atoms with Crippen LogP contribution in [0.5, 0.6) is 11.5 Å². The minimum Gasteiger partial charge on any atom is -0.463 e. The van der Waals surface area contributed by atoms with Crippen molar-refractivity contribution < 1.29 is 18.7 Å². The molecule has 0 bridgehead atoms. The summed E-state index contributed by atoms with van der Waals surface area (Å²) >= 11 is 0. The number of hydrogen-bond donors (Lipinski definition) is 2. The van der Waals surface area contributed by atoms with Gasteiger partial charge in [0, 0.05) is 5.56 Å². The summed E-state index contributed by atoms with van der Waals surface area (Å²) in [4.78, 5) is 12.0. The number of rotatable bonds is 4. The number of hydrogen-bond acceptors (Lipinski definition) is 6. The first-order valence-electron chi connectivity index (χ1n) is 7.12. The van der Waals surface area contributed by atoms with E-state index in [9.17, 15) is 4.79 Å². The highest BCUT2D eigenvalue weighted by atomic mass is 16.7. The lowest BCUT2D eigenvalue weighted by molar-refractivity contribution is 0.0950. The van der Waals surface area contributed by atoms with Gasteiger partial charge in [-0.1, -0.05) is 0 Å². The van der Waals surface area contributed by atoms with Gasteiger partial charge in [-0.25, -0.2) is 5.43 Å². The summed E-state index contributed by atoms with van der Waals surface area (Å²) < 4.78 is 15.7. The average molecular weight is 324 g/mol. The fourth-order valence-corrected chi connectivity index (χ4v) is 2.22. The predicted octanol–water partition coefficient (Wildman–Crippen LogP) is 2.16. The zero-order chi connectivity index (χ0) is 16.4. The molecule has 1 aromatic carbocycles. The number of carbonyl (C=O) groups is 1. The van der Waals surface area contributed by atoms with Crippen LogP contribution < -0.4 is 14.9 Å². The molecule has 0 saturated carbocycles. The van der Waals surface area contributed by atoms with Crippen LogP contribution in [0.4, 0.5) is 0 Å². The van der Waals surface area contributed by atoms with Crippen LogP contribution in [-0.4, -0.2) is 29.1 Å². The monoisotopic (exact) mass is 324 g/mol. The first kappa shape index (κ1) is 14.1. The maximum atomic E-state index is 12.0. The molecule has 0 saturated heterocycles. The van der Waals surface area contributed by atoms with Gasteiger partial charge >= 0.3 is 0 Å². The van der Waals surface area contributed by atoms with Crippen LogP contribution in [0, 0.1) is 0 Å². The van der Waals surface area contributed by atoms with Crippen LogP contribution in [0.25, 0.3) is 11.3 Å². The van der Waals surface area contributed by atoms with Gasteiger partial charge in [0.05, 0.1) is 18.2 Å². The second kappa shape index (κ2) is 5.92. The van der Waals surface area contributed by atoms with Crippen molar-refractivity contribution in [3.8, 4) is 22.8 Å². The van der Waals surface area contributed by atoms with Gasteiger partial charge in [0.25, 0.3) is 5.91 Å². The molecule has 0 radical (unpaired) electrons. The number of ether oxygens (including phenoxy) is 2. The van der Waals surface area contributed by atoms with Crippen molar-refractivity contribution >= 4 is 12.1 Å². The Morgan fingerprint density at radius 1 is 1.25 bits per heavy atom. The number of benzene rings is 1. The highest BCUT2D eigenvalue weighted by molar-refractivity contribution is 5.94. The van der Waals surface area contributed by atoms with Gasteiger partial charge in [0.2, 0.25) is 6.79 Å². The van der Waals surface area contributed by atoms with E-state index >= 15 is 0 Å². The zero-order valence-electron chi connectivity index (χ0n) is 12.4. The van der Waals surface area contributed by atoms with Gasteiger partial charge in [-0.05, 0) is 36.4 Å². The van der Waals surface area contributed by atoms with Crippen LogP contribution in [0.15, 0.2) is 52.2 Å². The Bertz CT molecular complexity index is 899. The van der Waals surface area contributed by atoms with Gasteiger partial charge in [-0.3, -0.25) is 9.89 Å². The van der Waals surface area contributed by atoms with E-state index < -0.39 is 5.91 Å². The molecule has 3 heterocycles. The van der Waals surface area contributed by atoms with E-state index in [1.54, 1.807) is 24.3 Å². The molecular formula is C16H12N4O4. The van der Waals surface area contributed by atoms with Gasteiger partial charge in [-0.15, -0.1) is 0 Å². The van der Waals surface area contributed by atoms with Crippen molar-refractivity contribution in [3.63, 3.8) is 0 Å². The second-order valence-electron chi connectivity index (χ2n) is 4.95. The molecule has 1 amide bonds. The molecule has 8 heteroatoms. The standard InChI is InChI=1S/C16H12N4O4/c21-16(20-17-8-11-2-1-5-22-11)13-7-12(18-19-13)10-3-4-14-15(6-10)24-9-23-14/h1-8H,9H2,(H,18,19)(H,20,21)/b17-8-. The van der Waals surface area contributed by atoms with Crippen LogP contribution in [0.2, 0.25) is 0 Å². The number of nitrogens with zero attached hydrogens (tertiary/aromatic N) is 2. The number of aromatic amines is 1. The summed E-state index contributed by atoms with van der Waals surface area (Å²) in [6.07, 6.45) is 2.93. The minimum absolute atomic E-state index is 0.209. The van der Waals surface area contributed by atoms with Gasteiger partial charge < -0.3 is 13.9 Å². The minimum atomic E-state index is -0.405. The molecule has 2 N–H and O–H groups in total. The van der Waals surface area contributed by atoms with Crippen molar-refractivity contribution in [2.45, 2.75) is 0 Å². The molecule has 8 nitrogen and oxygen atoms in total. The molecule has 0 aliphatic carbocycles. The molecule has 1 aliphatic rings. The normalized spacial score (nSPS) is 12.7. The number of fused-ring (bicyclic) bond motifs is 1. The first-order valence-corrected chi connectivity index (χ1v) is 7.12. The predicted molar refractivity (Wildman–Crippen MR) is 83.9 cm³/mol. The van der Waals surface area contributed by atoms with E-state index in [-0.39, 0.29) is 6.79 Å². The maximum Gasteiger partial charge on any atom is 0.289 e. The number of hydrazone groups is 1. The van der Waals surface area contributed by atoms with E-state index in [2.05, 4.69) is 20.7 Å². The summed E-state index contributed by atoms with van der Waals surface area (Å²) in [6.45, 7) is 0.209. The Labute approximate surface area is 136 Å². The third kappa shape index (κ3) is 2.72. The third-order valence-electron chi connectivity index (χ3n) is 3.39. The van der Waals surface area contributed by atoms with E-state index in [1.807, 2.05) is 12.1 Å². The molecule has 3 aromatic rings. The summed E-state index contributed by atoms with van der Waals surface area (Å²) in [6, 6.07) is 10.6. The largest absolute Gasteiger partial charge is 0.463 e. The average Bonchev–Trinajstić information content (AvgIpc) is 3.34. The maximum absolute atomic E-state index is 12.0. The van der Waals surface area contributed by atoms with Crippen molar-refractivity contribution in [1.82, 2.24) is 15.6 Å². The summed E-state index contributed by atoms with van der Waals surface area (Å²) in [5.41, 5.74) is 4.12. The molecule has 0 fully saturated rings. The Morgan fingerprint density at radius 2 is 2.17 bits per heavy atom. The molecule has 0 spiro atoms. The summed E-state index contributed by atoms with van der Waals surface area (Å²) in [7, 11) is 0. The first-order chi connectivity index (χ1) is 11.8. The number of H-pyrrole nitrogens is 1. The quantitative estimate of drug-likeness (QED) is 0.565. The molecule has 0 atom stereocenters. The number of furan rings is 1. The van der Waals surface area contributed by atoms with E-state index in [1.165, 1.54) is 12.5 Å². The lowest BCUT2D eigenvalue weighted by Crippen LogP contribution is -2.17. The van der Waals surface area contributed by atoms with Crippen molar-refractivity contribution in [2.75, 3.05) is 6.79 Å². The molecule has 4 rings (SSSR count). The summed E-state index contributed by atoms with van der Waals surface area (Å²) in [5.74, 6) is 1.49. The fraction of sp³-hybridized carbons (Fsp3) is 0.0625. The molecule has 2 aromatic heterocycles. The van der Waals surface area contributed by atoms with Crippen molar-refractivity contribution in [3.05, 3.63) is 54.1 Å². The van der Waals surface area contributed by atoms with Crippen molar-refractivity contribution in [2.24, 2.45) is 5.10 Å². The molecule has 24 heavy (non-hydrogen) atoms. The van der Waals surface area contributed by atoms with Crippen LogP contribution in [0.3, 0.4) is 0 Å². The van der Waals surface area contributed by atoms with Crippen LogP contribution in [0.1, 0.15) is 16.2 Å². The topological polar surface area (TPSA) is 102 Å². The van der Waals surface area contributed by atoms with E-state index in [4.69, 9.17) is 13.9 Å². The summed E-state index contributed by atoms with van der Waals surface area (Å²) in [5, 5.41) is 10.6. The second-order valence-corrected chi connectivity index (χ2v) is 4.95. The Morgan fingerprint density at radius 3 is 3.04 bits per heavy atom. The Hall–Kier alpha value is -3.55. The highest BCUT2D eigenvalue weighted by Gasteiger charge is 2.16. The van der Waals surface area contributed by atoms with E-state index in [0.29, 0.717) is 28.6 Å². The fourth-order valence-electron chi connectivity index (χ4n) is 2.22. The molecule has 0 unspecified atom stereocenters. The Balaban J connectivity index is 1.47. The van der Waals surface area contributed by atoms with Crippen molar-refractivity contribution in [1.29, 1.82) is 0 Å². The SMILES string of the molecule is O=C(N/N=C\c1ccco1)c1cc(-c2ccc3c(c2)OCO3)n[nH]1. The van der Waals surface area contributed by atoms with Gasteiger partial charge in [0.1, 0.15) is 11.5 Å². The Kier molecular flexibility index (Phi) is 3.47. The smallest absolute Gasteiger partial charge is 0.289 e. The third-order valence-corrected chi connectivity index (χ3v) is 3.39. The number of nitrogens with one attached hydrogen (secondary N) is 2. The molecular weight excluding hydrogens is 312 g/mol. The van der Waals surface area contributed by atoms with Gasteiger partial charge in [-0.2, -0.15) is 10.2 Å².